The van der Waals surface area contributed by atoms with Crippen LogP contribution in [0.5, 0.6) is 0 Å². The van der Waals surface area contributed by atoms with Gasteiger partial charge >= 0.3 is 0 Å². The molecule has 0 aliphatic carbocycles. The molecule has 0 spiro atoms. The van der Waals surface area contributed by atoms with Crippen LogP contribution in [-0.2, 0) is 4.79 Å². The summed E-state index contributed by atoms with van der Waals surface area (Å²) in [7, 11) is 0. The van der Waals surface area contributed by atoms with Gasteiger partial charge in [0.2, 0.25) is 0 Å². The van der Waals surface area contributed by atoms with Crippen molar-refractivity contribution in [1.29, 1.82) is 0 Å². The lowest BCUT2D eigenvalue weighted by Gasteiger charge is -2.05. The number of carbonyl (C=O) groups excluding carboxylic acids is 1. The highest BCUT2D eigenvalue weighted by Gasteiger charge is 2.28. The van der Waals surface area contributed by atoms with Crippen LogP contribution >= 0.6 is 11.6 Å². The number of fused-ring (bicyclic) bond motifs is 1. The van der Waals surface area contributed by atoms with Gasteiger partial charge in [0.1, 0.15) is 5.71 Å². The Kier molecular flexibility index (Phi) is 3.30. The van der Waals surface area contributed by atoms with Crippen LogP contribution in [0.2, 0.25) is 5.02 Å². The van der Waals surface area contributed by atoms with Gasteiger partial charge in [0, 0.05) is 10.6 Å². The van der Waals surface area contributed by atoms with E-state index in [1.165, 1.54) is 0 Å². The average molecular weight is 299 g/mol. The molecule has 0 fully saturated rings. The van der Waals surface area contributed by atoms with Crippen molar-refractivity contribution < 1.29 is 4.79 Å². The van der Waals surface area contributed by atoms with E-state index in [0.29, 0.717) is 10.7 Å². The highest BCUT2D eigenvalue weighted by molar-refractivity contribution is 6.54. The molecule has 4 heteroatoms. The van der Waals surface area contributed by atoms with Crippen molar-refractivity contribution in [2.75, 3.05) is 5.32 Å². The first-order valence-electron chi connectivity index (χ1n) is 6.75. The van der Waals surface area contributed by atoms with Gasteiger partial charge in [-0.1, -0.05) is 23.7 Å². The standard InChI is InChI=1S/C17H15ClN2O/c1-9-5-4-6-14(10(9)2)19-16-12-7-8-13(18)11(3)15(12)20-17(16)21/h4-8H,1-3H3,(H,19,20,21). The Morgan fingerprint density at radius 3 is 2.57 bits per heavy atom. The predicted molar refractivity (Wildman–Crippen MR) is 86.9 cm³/mol. The first-order chi connectivity index (χ1) is 9.99. The zero-order valence-corrected chi connectivity index (χ0v) is 12.9. The number of halogens is 1. The number of carbonyl (C=O) groups is 1. The van der Waals surface area contributed by atoms with Crippen LogP contribution in [0.1, 0.15) is 22.3 Å². The largest absolute Gasteiger partial charge is 0.320 e. The molecule has 0 saturated carbocycles. The Hall–Kier alpha value is -2.13. The lowest BCUT2D eigenvalue weighted by molar-refractivity contribution is -0.110. The summed E-state index contributed by atoms with van der Waals surface area (Å²) in [6.07, 6.45) is 0. The fourth-order valence-electron chi connectivity index (χ4n) is 2.43. The molecule has 2 aromatic rings. The number of nitrogens with one attached hydrogen (secondary N) is 1. The zero-order chi connectivity index (χ0) is 15.1. The van der Waals surface area contributed by atoms with E-state index >= 15 is 0 Å². The van der Waals surface area contributed by atoms with Crippen molar-refractivity contribution in [1.82, 2.24) is 0 Å². The molecule has 21 heavy (non-hydrogen) atoms. The minimum atomic E-state index is -0.184. The molecule has 1 aliphatic rings. The van der Waals surface area contributed by atoms with E-state index in [2.05, 4.69) is 10.3 Å². The summed E-state index contributed by atoms with van der Waals surface area (Å²) in [5.74, 6) is -0.184. The normalized spacial score (nSPS) is 15.2. The molecule has 106 valence electrons. The molecule has 0 saturated heterocycles. The van der Waals surface area contributed by atoms with Crippen LogP contribution in [0, 0.1) is 20.8 Å². The number of anilines is 1. The topological polar surface area (TPSA) is 41.5 Å². The first kappa shape index (κ1) is 13.8. The Morgan fingerprint density at radius 1 is 1.05 bits per heavy atom. The lowest BCUT2D eigenvalue weighted by atomic mass is 10.1. The van der Waals surface area contributed by atoms with E-state index < -0.39 is 0 Å². The van der Waals surface area contributed by atoms with Gasteiger partial charge in [-0.2, -0.15) is 0 Å². The molecule has 0 aromatic heterocycles. The van der Waals surface area contributed by atoms with Gasteiger partial charge < -0.3 is 5.32 Å². The Labute approximate surface area is 128 Å². The number of benzene rings is 2. The maximum absolute atomic E-state index is 12.2. The van der Waals surface area contributed by atoms with Crippen LogP contribution in [0.3, 0.4) is 0 Å². The van der Waals surface area contributed by atoms with Crippen molar-refractivity contribution in [3.05, 3.63) is 57.6 Å². The van der Waals surface area contributed by atoms with Gasteiger partial charge in [0.25, 0.3) is 5.91 Å². The summed E-state index contributed by atoms with van der Waals surface area (Å²) in [5, 5.41) is 3.50. The number of rotatable bonds is 1. The third kappa shape index (κ3) is 2.24. The van der Waals surface area contributed by atoms with Crippen LogP contribution in [0.25, 0.3) is 0 Å². The molecule has 1 heterocycles. The van der Waals surface area contributed by atoms with Crippen LogP contribution in [-0.4, -0.2) is 11.6 Å². The van der Waals surface area contributed by atoms with Gasteiger partial charge in [-0.25, -0.2) is 4.99 Å². The number of hydrogen-bond donors (Lipinski definition) is 1. The quantitative estimate of drug-likeness (QED) is 0.836. The maximum atomic E-state index is 12.2. The number of nitrogens with zero attached hydrogens (tertiary/aromatic N) is 1. The molecule has 1 aliphatic heterocycles. The smallest absolute Gasteiger partial charge is 0.275 e. The summed E-state index contributed by atoms with van der Waals surface area (Å²) in [5.41, 5.74) is 5.94. The fraction of sp³-hybridized carbons (Fsp3) is 0.176. The van der Waals surface area contributed by atoms with E-state index in [-0.39, 0.29) is 5.91 Å². The van der Waals surface area contributed by atoms with Gasteiger partial charge in [0.15, 0.2) is 0 Å². The monoisotopic (exact) mass is 298 g/mol. The Morgan fingerprint density at radius 2 is 1.81 bits per heavy atom. The molecule has 1 amide bonds. The molecule has 3 nitrogen and oxygen atoms in total. The van der Waals surface area contributed by atoms with Crippen LogP contribution in [0.4, 0.5) is 11.4 Å². The van der Waals surface area contributed by atoms with Crippen LogP contribution in [0.15, 0.2) is 35.3 Å². The molecule has 0 atom stereocenters. The number of aliphatic imine (C=N–C) groups is 1. The molecule has 0 radical (unpaired) electrons. The van der Waals surface area contributed by atoms with Crippen molar-refractivity contribution in [2.45, 2.75) is 20.8 Å². The maximum Gasteiger partial charge on any atom is 0.275 e. The van der Waals surface area contributed by atoms with Gasteiger partial charge in [0.05, 0.1) is 11.4 Å². The highest BCUT2D eigenvalue weighted by Crippen LogP contribution is 2.33. The molecular formula is C17H15ClN2O. The predicted octanol–water partition coefficient (Wildman–Crippen LogP) is 4.34. The zero-order valence-electron chi connectivity index (χ0n) is 12.1. The van der Waals surface area contributed by atoms with E-state index in [9.17, 15) is 4.79 Å². The molecule has 1 N–H and O–H groups in total. The Bertz CT molecular complexity index is 794. The summed E-state index contributed by atoms with van der Waals surface area (Å²) >= 11 is 6.10. The van der Waals surface area contributed by atoms with Gasteiger partial charge in [-0.3, -0.25) is 4.79 Å². The average Bonchev–Trinajstić information content (AvgIpc) is 2.77. The van der Waals surface area contributed by atoms with Crippen molar-refractivity contribution in [3.8, 4) is 0 Å². The molecular weight excluding hydrogens is 284 g/mol. The van der Waals surface area contributed by atoms with E-state index in [4.69, 9.17) is 11.6 Å². The minimum absolute atomic E-state index is 0.184. The highest BCUT2D eigenvalue weighted by atomic mass is 35.5. The minimum Gasteiger partial charge on any atom is -0.320 e. The first-order valence-corrected chi connectivity index (χ1v) is 7.12. The van der Waals surface area contributed by atoms with Crippen molar-refractivity contribution in [2.24, 2.45) is 4.99 Å². The fourth-order valence-corrected chi connectivity index (χ4v) is 2.59. The lowest BCUT2D eigenvalue weighted by Crippen LogP contribution is -2.14. The summed E-state index contributed by atoms with van der Waals surface area (Å²) in [4.78, 5) is 16.8. The summed E-state index contributed by atoms with van der Waals surface area (Å²) in [6.45, 7) is 5.93. The number of amides is 1. The third-order valence-electron chi connectivity index (χ3n) is 3.92. The van der Waals surface area contributed by atoms with Crippen molar-refractivity contribution >= 4 is 34.6 Å². The van der Waals surface area contributed by atoms with E-state index in [0.717, 1.165) is 33.6 Å². The summed E-state index contributed by atoms with van der Waals surface area (Å²) < 4.78 is 0. The second kappa shape index (κ2) is 5.01. The molecule has 3 rings (SSSR count). The SMILES string of the molecule is Cc1cccc(N=C2C(=O)Nc3c2ccc(Cl)c3C)c1C. The third-order valence-corrected chi connectivity index (χ3v) is 4.33. The van der Waals surface area contributed by atoms with E-state index in [1.807, 2.05) is 45.0 Å². The summed E-state index contributed by atoms with van der Waals surface area (Å²) in [6, 6.07) is 9.54. The van der Waals surface area contributed by atoms with Crippen LogP contribution < -0.4 is 5.32 Å². The van der Waals surface area contributed by atoms with Gasteiger partial charge in [-0.15, -0.1) is 0 Å². The number of hydrogen-bond acceptors (Lipinski definition) is 2. The molecule has 0 bridgehead atoms. The molecule has 2 aromatic carbocycles. The van der Waals surface area contributed by atoms with Gasteiger partial charge in [-0.05, 0) is 55.7 Å². The second-order valence-corrected chi connectivity index (χ2v) is 5.64. The number of aryl methyl sites for hydroxylation is 1. The van der Waals surface area contributed by atoms with E-state index in [1.54, 1.807) is 6.07 Å². The second-order valence-electron chi connectivity index (χ2n) is 5.23. The Balaban J connectivity index is 2.17. The van der Waals surface area contributed by atoms with Crippen molar-refractivity contribution in [3.63, 3.8) is 0 Å². The molecule has 0 unspecified atom stereocenters.